The molecule has 12 heavy (non-hydrogen) atoms. The third-order valence-corrected chi connectivity index (χ3v) is 2.00. The van der Waals surface area contributed by atoms with E-state index in [4.69, 9.17) is 16.7 Å². The van der Waals surface area contributed by atoms with Gasteiger partial charge in [0.25, 0.3) is 0 Å². The van der Waals surface area contributed by atoms with Crippen molar-refractivity contribution >= 4 is 17.6 Å². The highest BCUT2D eigenvalue weighted by atomic mass is 35.5. The fourth-order valence-electron chi connectivity index (χ4n) is 0.991. The summed E-state index contributed by atoms with van der Waals surface area (Å²) in [5.74, 6) is -0.822. The van der Waals surface area contributed by atoms with Crippen LogP contribution in [-0.2, 0) is 11.2 Å². The van der Waals surface area contributed by atoms with E-state index in [0.29, 0.717) is 5.02 Å². The van der Waals surface area contributed by atoms with Crippen LogP contribution in [0, 0.1) is 6.92 Å². The molecule has 64 valence electrons. The summed E-state index contributed by atoms with van der Waals surface area (Å²) < 4.78 is 0. The van der Waals surface area contributed by atoms with Gasteiger partial charge in [-0.25, -0.2) is 0 Å². The van der Waals surface area contributed by atoms with E-state index in [1.54, 1.807) is 18.2 Å². The van der Waals surface area contributed by atoms with Crippen LogP contribution >= 0.6 is 11.6 Å². The molecule has 1 N–H and O–H groups in total. The molecular weight excluding hydrogens is 176 g/mol. The molecule has 0 fully saturated rings. The summed E-state index contributed by atoms with van der Waals surface area (Å²) in [5, 5.41) is 9.16. The average Bonchev–Trinajstić information content (AvgIpc) is 1.96. The van der Waals surface area contributed by atoms with Gasteiger partial charge in [0.2, 0.25) is 0 Å². The van der Waals surface area contributed by atoms with Crippen molar-refractivity contribution < 1.29 is 9.90 Å². The number of halogens is 1. The Hall–Kier alpha value is -1.02. The first kappa shape index (κ1) is 9.07. The van der Waals surface area contributed by atoms with Crippen molar-refractivity contribution in [1.29, 1.82) is 0 Å². The van der Waals surface area contributed by atoms with Gasteiger partial charge in [0.05, 0.1) is 6.42 Å². The van der Waals surface area contributed by atoms with Gasteiger partial charge in [-0.15, -0.1) is 0 Å². The number of hydrogen-bond donors (Lipinski definition) is 1. The molecule has 0 aliphatic rings. The molecular formula is C9H9ClO2. The minimum atomic E-state index is -0.822. The number of carboxylic acid groups (broad SMARTS) is 1. The zero-order valence-corrected chi connectivity index (χ0v) is 7.43. The Balaban J connectivity index is 2.89. The first-order valence-electron chi connectivity index (χ1n) is 3.56. The van der Waals surface area contributed by atoms with E-state index in [1.165, 1.54) is 0 Å². The molecule has 0 bridgehead atoms. The van der Waals surface area contributed by atoms with Gasteiger partial charge >= 0.3 is 5.97 Å². The van der Waals surface area contributed by atoms with Gasteiger partial charge in [-0.3, -0.25) is 4.79 Å². The van der Waals surface area contributed by atoms with Crippen LogP contribution in [0.15, 0.2) is 18.2 Å². The Morgan fingerprint density at radius 2 is 2.25 bits per heavy atom. The maximum atomic E-state index is 10.3. The molecule has 1 aromatic carbocycles. The third kappa shape index (κ3) is 2.24. The lowest BCUT2D eigenvalue weighted by Gasteiger charge is -2.00. The van der Waals surface area contributed by atoms with Crippen LogP contribution in [0.1, 0.15) is 11.1 Å². The van der Waals surface area contributed by atoms with Gasteiger partial charge in [0, 0.05) is 5.02 Å². The minimum Gasteiger partial charge on any atom is -0.481 e. The van der Waals surface area contributed by atoms with Crippen LogP contribution in [0.2, 0.25) is 5.02 Å². The maximum Gasteiger partial charge on any atom is 0.307 e. The number of carboxylic acids is 1. The van der Waals surface area contributed by atoms with Gasteiger partial charge in [0.1, 0.15) is 0 Å². The molecule has 2 nitrogen and oxygen atoms in total. The summed E-state index contributed by atoms with van der Waals surface area (Å²) in [5.41, 5.74) is 1.69. The Bertz CT molecular complexity index is 307. The number of rotatable bonds is 2. The van der Waals surface area contributed by atoms with Gasteiger partial charge in [-0.05, 0) is 24.1 Å². The van der Waals surface area contributed by atoms with Crippen LogP contribution in [0.3, 0.4) is 0 Å². The van der Waals surface area contributed by atoms with Crippen molar-refractivity contribution in [3.8, 4) is 0 Å². The summed E-state index contributed by atoms with van der Waals surface area (Å²) >= 11 is 5.77. The van der Waals surface area contributed by atoms with Gasteiger partial charge in [-0.2, -0.15) is 0 Å². The summed E-state index contributed by atoms with van der Waals surface area (Å²) in [7, 11) is 0. The monoisotopic (exact) mass is 184 g/mol. The second kappa shape index (κ2) is 3.59. The molecule has 1 rings (SSSR count). The Labute approximate surface area is 75.8 Å². The quantitative estimate of drug-likeness (QED) is 0.766. The highest BCUT2D eigenvalue weighted by Gasteiger charge is 2.01. The second-order valence-electron chi connectivity index (χ2n) is 2.65. The Morgan fingerprint density at radius 3 is 2.75 bits per heavy atom. The molecule has 0 saturated heterocycles. The van der Waals surface area contributed by atoms with E-state index in [9.17, 15) is 4.79 Å². The van der Waals surface area contributed by atoms with Crippen molar-refractivity contribution in [2.45, 2.75) is 13.3 Å². The van der Waals surface area contributed by atoms with E-state index in [-0.39, 0.29) is 6.42 Å². The normalized spacial score (nSPS) is 9.83. The Morgan fingerprint density at radius 1 is 1.58 bits per heavy atom. The van der Waals surface area contributed by atoms with Crippen LogP contribution in [0.25, 0.3) is 0 Å². The van der Waals surface area contributed by atoms with E-state index < -0.39 is 5.97 Å². The van der Waals surface area contributed by atoms with E-state index in [0.717, 1.165) is 11.1 Å². The van der Waals surface area contributed by atoms with Crippen molar-refractivity contribution in [3.63, 3.8) is 0 Å². The number of carbonyl (C=O) groups is 1. The van der Waals surface area contributed by atoms with Crippen molar-refractivity contribution in [1.82, 2.24) is 0 Å². The SMILES string of the molecule is Cc1cc(CC(=O)O)ccc1Cl. The average molecular weight is 185 g/mol. The molecule has 0 spiro atoms. The van der Waals surface area contributed by atoms with Crippen LogP contribution in [0.5, 0.6) is 0 Å². The second-order valence-corrected chi connectivity index (χ2v) is 3.06. The first-order valence-corrected chi connectivity index (χ1v) is 3.94. The summed E-state index contributed by atoms with van der Waals surface area (Å²) in [6.07, 6.45) is 0.0536. The number of hydrogen-bond acceptors (Lipinski definition) is 1. The summed E-state index contributed by atoms with van der Waals surface area (Å²) in [6, 6.07) is 5.23. The number of benzene rings is 1. The van der Waals surface area contributed by atoms with Crippen LogP contribution < -0.4 is 0 Å². The fourth-order valence-corrected chi connectivity index (χ4v) is 1.11. The Kier molecular flexibility index (Phi) is 2.71. The lowest BCUT2D eigenvalue weighted by atomic mass is 10.1. The molecule has 1 aromatic rings. The largest absolute Gasteiger partial charge is 0.481 e. The molecule has 0 aliphatic heterocycles. The molecule has 0 atom stereocenters. The van der Waals surface area contributed by atoms with E-state index in [1.807, 2.05) is 6.92 Å². The van der Waals surface area contributed by atoms with Crippen molar-refractivity contribution in [2.75, 3.05) is 0 Å². The van der Waals surface area contributed by atoms with E-state index >= 15 is 0 Å². The van der Waals surface area contributed by atoms with Gasteiger partial charge in [-0.1, -0.05) is 23.7 Å². The summed E-state index contributed by atoms with van der Waals surface area (Å²) in [4.78, 5) is 10.3. The molecule has 0 amide bonds. The van der Waals surface area contributed by atoms with E-state index in [2.05, 4.69) is 0 Å². The fraction of sp³-hybridized carbons (Fsp3) is 0.222. The topological polar surface area (TPSA) is 37.3 Å². The maximum absolute atomic E-state index is 10.3. The predicted molar refractivity (Wildman–Crippen MR) is 47.5 cm³/mol. The molecule has 0 radical (unpaired) electrons. The lowest BCUT2D eigenvalue weighted by Crippen LogP contribution is -1.99. The smallest absolute Gasteiger partial charge is 0.307 e. The van der Waals surface area contributed by atoms with Crippen molar-refractivity contribution in [3.05, 3.63) is 34.3 Å². The highest BCUT2D eigenvalue weighted by molar-refractivity contribution is 6.31. The number of aliphatic carboxylic acids is 1. The van der Waals surface area contributed by atoms with Crippen LogP contribution in [-0.4, -0.2) is 11.1 Å². The third-order valence-electron chi connectivity index (χ3n) is 1.58. The molecule has 0 unspecified atom stereocenters. The van der Waals surface area contributed by atoms with Gasteiger partial charge in [0.15, 0.2) is 0 Å². The molecule has 0 heterocycles. The van der Waals surface area contributed by atoms with Crippen molar-refractivity contribution in [2.24, 2.45) is 0 Å². The predicted octanol–water partition coefficient (Wildman–Crippen LogP) is 2.28. The first-order chi connectivity index (χ1) is 5.59. The molecule has 0 aliphatic carbocycles. The number of aryl methyl sites for hydroxylation is 1. The molecule has 0 aromatic heterocycles. The lowest BCUT2D eigenvalue weighted by molar-refractivity contribution is -0.136. The molecule has 3 heteroatoms. The summed E-state index contributed by atoms with van der Waals surface area (Å²) in [6.45, 7) is 1.85. The zero-order chi connectivity index (χ0) is 9.14. The molecule has 0 saturated carbocycles. The highest BCUT2D eigenvalue weighted by Crippen LogP contribution is 2.16. The standard InChI is InChI=1S/C9H9ClO2/c1-6-4-7(5-9(11)12)2-3-8(6)10/h2-4H,5H2,1H3,(H,11,12). The minimum absolute atomic E-state index is 0.0536. The van der Waals surface area contributed by atoms with Crippen LogP contribution in [0.4, 0.5) is 0 Å². The zero-order valence-electron chi connectivity index (χ0n) is 6.67. The van der Waals surface area contributed by atoms with Gasteiger partial charge < -0.3 is 5.11 Å².